The Labute approximate surface area is 110 Å². The van der Waals surface area contributed by atoms with Crippen LogP contribution in [-0.4, -0.2) is 25.4 Å². The van der Waals surface area contributed by atoms with Crippen LogP contribution in [0.4, 0.5) is 0 Å². The van der Waals surface area contributed by atoms with Crippen LogP contribution in [0, 0.1) is 5.92 Å². The molecule has 1 unspecified atom stereocenters. The van der Waals surface area contributed by atoms with E-state index in [0.29, 0.717) is 5.92 Å². The number of aryl methyl sites for hydroxylation is 1. The molecule has 18 heavy (non-hydrogen) atoms. The van der Waals surface area contributed by atoms with Crippen molar-refractivity contribution in [2.75, 3.05) is 20.3 Å². The van der Waals surface area contributed by atoms with Crippen LogP contribution in [0.25, 0.3) is 0 Å². The maximum atomic E-state index is 9.12. The van der Waals surface area contributed by atoms with Crippen LogP contribution in [0.15, 0.2) is 18.2 Å². The maximum absolute atomic E-state index is 9.12. The first kappa shape index (κ1) is 15.0. The van der Waals surface area contributed by atoms with Gasteiger partial charge in [0.25, 0.3) is 0 Å². The summed E-state index contributed by atoms with van der Waals surface area (Å²) in [5.74, 6) is 1.32. The SMILES string of the molecule is CCc1cc(CNCC(CC)CO)ccc1OC. The Morgan fingerprint density at radius 3 is 2.67 bits per heavy atom. The second kappa shape index (κ2) is 8.11. The van der Waals surface area contributed by atoms with E-state index < -0.39 is 0 Å². The van der Waals surface area contributed by atoms with Gasteiger partial charge in [0.1, 0.15) is 5.75 Å². The molecule has 0 heterocycles. The highest BCUT2D eigenvalue weighted by Crippen LogP contribution is 2.20. The van der Waals surface area contributed by atoms with E-state index in [1.54, 1.807) is 7.11 Å². The number of hydrogen-bond donors (Lipinski definition) is 2. The monoisotopic (exact) mass is 251 g/mol. The molecule has 102 valence electrons. The van der Waals surface area contributed by atoms with Gasteiger partial charge in [-0.2, -0.15) is 0 Å². The second-order valence-electron chi connectivity index (χ2n) is 4.59. The molecule has 0 bridgehead atoms. The largest absolute Gasteiger partial charge is 0.496 e. The molecule has 1 rings (SSSR count). The third-order valence-corrected chi connectivity index (χ3v) is 3.32. The Hall–Kier alpha value is -1.06. The lowest BCUT2D eigenvalue weighted by atomic mass is 10.1. The molecule has 0 fully saturated rings. The van der Waals surface area contributed by atoms with E-state index in [9.17, 15) is 0 Å². The average Bonchev–Trinajstić information content (AvgIpc) is 2.43. The van der Waals surface area contributed by atoms with Crippen molar-refractivity contribution in [2.24, 2.45) is 5.92 Å². The van der Waals surface area contributed by atoms with E-state index in [1.165, 1.54) is 11.1 Å². The standard InChI is InChI=1S/C15H25NO2/c1-4-12(11-17)9-16-10-13-6-7-15(18-3)14(5-2)8-13/h6-8,12,16-17H,4-5,9-11H2,1-3H3. The summed E-state index contributed by atoms with van der Waals surface area (Å²) in [5.41, 5.74) is 2.51. The molecule has 3 heteroatoms. The van der Waals surface area contributed by atoms with Gasteiger partial charge in [-0.25, -0.2) is 0 Å². The highest BCUT2D eigenvalue weighted by Gasteiger charge is 2.05. The molecular weight excluding hydrogens is 226 g/mol. The number of benzene rings is 1. The number of aliphatic hydroxyl groups is 1. The first-order valence-corrected chi connectivity index (χ1v) is 6.72. The van der Waals surface area contributed by atoms with Crippen LogP contribution in [0.2, 0.25) is 0 Å². The summed E-state index contributed by atoms with van der Waals surface area (Å²) in [6, 6.07) is 6.30. The van der Waals surface area contributed by atoms with E-state index in [0.717, 1.165) is 31.7 Å². The third kappa shape index (κ3) is 4.31. The van der Waals surface area contributed by atoms with Crippen molar-refractivity contribution >= 4 is 0 Å². The fraction of sp³-hybridized carbons (Fsp3) is 0.600. The Balaban J connectivity index is 2.52. The topological polar surface area (TPSA) is 41.5 Å². The predicted molar refractivity (Wildman–Crippen MR) is 74.9 cm³/mol. The van der Waals surface area contributed by atoms with E-state index in [4.69, 9.17) is 9.84 Å². The number of methoxy groups -OCH3 is 1. The van der Waals surface area contributed by atoms with E-state index >= 15 is 0 Å². The van der Waals surface area contributed by atoms with Crippen LogP contribution >= 0.6 is 0 Å². The normalized spacial score (nSPS) is 12.4. The lowest BCUT2D eigenvalue weighted by molar-refractivity contribution is 0.218. The van der Waals surface area contributed by atoms with Crippen LogP contribution in [0.3, 0.4) is 0 Å². The van der Waals surface area contributed by atoms with Crippen LogP contribution in [-0.2, 0) is 13.0 Å². The third-order valence-electron chi connectivity index (χ3n) is 3.32. The maximum Gasteiger partial charge on any atom is 0.122 e. The lowest BCUT2D eigenvalue weighted by Gasteiger charge is -2.14. The summed E-state index contributed by atoms with van der Waals surface area (Å²) < 4.78 is 5.32. The summed E-state index contributed by atoms with van der Waals surface area (Å²) in [5, 5.41) is 12.5. The number of aliphatic hydroxyl groups excluding tert-OH is 1. The molecule has 0 spiro atoms. The van der Waals surface area contributed by atoms with Gasteiger partial charge in [-0.3, -0.25) is 0 Å². The molecule has 1 atom stereocenters. The van der Waals surface area contributed by atoms with Crippen LogP contribution in [0.1, 0.15) is 31.4 Å². The predicted octanol–water partition coefficient (Wildman–Crippen LogP) is 2.37. The van der Waals surface area contributed by atoms with Gasteiger partial charge in [0.15, 0.2) is 0 Å². The fourth-order valence-corrected chi connectivity index (χ4v) is 1.98. The van der Waals surface area contributed by atoms with Crippen molar-refractivity contribution in [2.45, 2.75) is 33.2 Å². The van der Waals surface area contributed by atoms with Crippen LogP contribution in [0.5, 0.6) is 5.75 Å². The Morgan fingerprint density at radius 1 is 1.33 bits per heavy atom. The minimum absolute atomic E-state index is 0.256. The summed E-state index contributed by atoms with van der Waals surface area (Å²) in [6.07, 6.45) is 1.98. The molecular formula is C15H25NO2. The highest BCUT2D eigenvalue weighted by atomic mass is 16.5. The summed E-state index contributed by atoms with van der Waals surface area (Å²) in [6.45, 7) is 6.19. The molecule has 0 aliphatic heterocycles. The fourth-order valence-electron chi connectivity index (χ4n) is 1.98. The zero-order chi connectivity index (χ0) is 13.4. The molecule has 3 nitrogen and oxygen atoms in total. The van der Waals surface area contributed by atoms with Gasteiger partial charge in [-0.15, -0.1) is 0 Å². The van der Waals surface area contributed by atoms with Crippen molar-refractivity contribution in [3.05, 3.63) is 29.3 Å². The van der Waals surface area contributed by atoms with Crippen molar-refractivity contribution in [1.29, 1.82) is 0 Å². The molecule has 0 aliphatic carbocycles. The number of hydrogen-bond acceptors (Lipinski definition) is 3. The number of nitrogens with one attached hydrogen (secondary N) is 1. The Kier molecular flexibility index (Phi) is 6.76. The molecule has 2 N–H and O–H groups in total. The van der Waals surface area contributed by atoms with E-state index in [1.807, 2.05) is 6.07 Å². The summed E-state index contributed by atoms with van der Waals surface area (Å²) in [4.78, 5) is 0. The molecule has 0 amide bonds. The van der Waals surface area contributed by atoms with E-state index in [2.05, 4.69) is 31.3 Å². The van der Waals surface area contributed by atoms with E-state index in [-0.39, 0.29) is 6.61 Å². The van der Waals surface area contributed by atoms with Crippen LogP contribution < -0.4 is 10.1 Å². The summed E-state index contributed by atoms with van der Waals surface area (Å²) in [7, 11) is 1.71. The van der Waals surface area contributed by atoms with Gasteiger partial charge in [-0.05, 0) is 36.0 Å². The molecule has 0 aliphatic rings. The van der Waals surface area contributed by atoms with Gasteiger partial charge in [0.05, 0.1) is 7.11 Å². The quantitative estimate of drug-likeness (QED) is 0.745. The van der Waals surface area contributed by atoms with Crippen molar-refractivity contribution in [1.82, 2.24) is 5.32 Å². The van der Waals surface area contributed by atoms with Gasteiger partial charge in [0, 0.05) is 19.7 Å². The van der Waals surface area contributed by atoms with Crippen molar-refractivity contribution in [3.8, 4) is 5.75 Å². The molecule has 0 saturated carbocycles. The molecule has 0 saturated heterocycles. The molecule has 1 aromatic carbocycles. The Bertz CT molecular complexity index is 348. The van der Waals surface area contributed by atoms with Crippen molar-refractivity contribution < 1.29 is 9.84 Å². The molecule has 0 radical (unpaired) electrons. The lowest BCUT2D eigenvalue weighted by Crippen LogP contribution is -2.24. The number of ether oxygens (including phenoxy) is 1. The minimum Gasteiger partial charge on any atom is -0.496 e. The second-order valence-corrected chi connectivity index (χ2v) is 4.59. The first-order chi connectivity index (χ1) is 8.74. The number of rotatable bonds is 8. The zero-order valence-corrected chi connectivity index (χ0v) is 11.7. The molecule has 0 aromatic heterocycles. The minimum atomic E-state index is 0.256. The zero-order valence-electron chi connectivity index (χ0n) is 11.7. The average molecular weight is 251 g/mol. The van der Waals surface area contributed by atoms with Gasteiger partial charge in [0.2, 0.25) is 0 Å². The highest BCUT2D eigenvalue weighted by molar-refractivity contribution is 5.37. The van der Waals surface area contributed by atoms with Gasteiger partial charge >= 0.3 is 0 Å². The molecule has 1 aromatic rings. The van der Waals surface area contributed by atoms with Crippen molar-refractivity contribution in [3.63, 3.8) is 0 Å². The summed E-state index contributed by atoms with van der Waals surface area (Å²) >= 11 is 0. The van der Waals surface area contributed by atoms with Gasteiger partial charge < -0.3 is 15.2 Å². The smallest absolute Gasteiger partial charge is 0.122 e. The Morgan fingerprint density at radius 2 is 2.11 bits per heavy atom. The first-order valence-electron chi connectivity index (χ1n) is 6.72. The van der Waals surface area contributed by atoms with Gasteiger partial charge in [-0.1, -0.05) is 26.0 Å².